The Morgan fingerprint density at radius 3 is 2.58 bits per heavy atom. The molecule has 0 saturated carbocycles. The number of carbonyl (C=O) groups excluding carboxylic acids is 1. The Labute approximate surface area is 112 Å². The Kier molecular flexibility index (Phi) is 4.22. The number of nitrogens with zero attached hydrogens (tertiary/aromatic N) is 1. The zero-order valence-corrected chi connectivity index (χ0v) is 10.8. The molecule has 102 valence electrons. The Balaban J connectivity index is 2.22. The zero-order valence-electron chi connectivity index (χ0n) is 10.8. The molecule has 0 aliphatic carbocycles. The third kappa shape index (κ3) is 2.96. The van der Waals surface area contributed by atoms with Crippen molar-refractivity contribution < 1.29 is 19.2 Å². The maximum Gasteiger partial charge on any atom is 0.491 e. The van der Waals surface area contributed by atoms with Gasteiger partial charge in [0, 0.05) is 18.6 Å². The first-order valence-electron chi connectivity index (χ1n) is 6.44. The molecule has 0 unspecified atom stereocenters. The Morgan fingerprint density at radius 2 is 2.00 bits per heavy atom. The highest BCUT2D eigenvalue weighted by molar-refractivity contribution is 6.58. The van der Waals surface area contributed by atoms with Crippen LogP contribution in [0.4, 0.5) is 4.39 Å². The van der Waals surface area contributed by atoms with Crippen molar-refractivity contribution in [3.05, 3.63) is 29.6 Å². The molecule has 19 heavy (non-hydrogen) atoms. The summed E-state index contributed by atoms with van der Waals surface area (Å²) >= 11 is 0. The molecule has 1 aromatic carbocycles. The molecule has 6 heteroatoms. The Hall–Kier alpha value is -1.40. The normalized spacial score (nSPS) is 16.5. The Morgan fingerprint density at radius 1 is 1.37 bits per heavy atom. The van der Waals surface area contributed by atoms with Crippen molar-refractivity contribution in [1.82, 2.24) is 4.90 Å². The summed E-state index contributed by atoms with van der Waals surface area (Å²) in [6.45, 7) is 3.36. The summed E-state index contributed by atoms with van der Waals surface area (Å²) in [6.07, 6.45) is 1.82. The number of rotatable bonds is 2. The summed E-state index contributed by atoms with van der Waals surface area (Å²) in [5, 5.41) is 18.1. The van der Waals surface area contributed by atoms with E-state index in [0.717, 1.165) is 12.8 Å². The van der Waals surface area contributed by atoms with Gasteiger partial charge in [-0.05, 0) is 24.8 Å². The second kappa shape index (κ2) is 5.71. The van der Waals surface area contributed by atoms with Crippen LogP contribution in [0.5, 0.6) is 0 Å². The number of halogens is 1. The quantitative estimate of drug-likeness (QED) is 0.760. The van der Waals surface area contributed by atoms with Crippen LogP contribution in [0, 0.1) is 11.7 Å². The molecule has 1 saturated heterocycles. The van der Waals surface area contributed by atoms with Crippen molar-refractivity contribution in [1.29, 1.82) is 0 Å². The first-order valence-corrected chi connectivity index (χ1v) is 6.44. The van der Waals surface area contributed by atoms with Crippen LogP contribution in [0.15, 0.2) is 18.2 Å². The number of carbonyl (C=O) groups is 1. The molecule has 1 aliphatic heterocycles. The predicted molar refractivity (Wildman–Crippen MR) is 70.5 cm³/mol. The molecule has 0 spiro atoms. The molecule has 0 bridgehead atoms. The van der Waals surface area contributed by atoms with E-state index in [-0.39, 0.29) is 16.9 Å². The lowest BCUT2D eigenvalue weighted by atomic mass is 9.79. The number of benzene rings is 1. The summed E-state index contributed by atoms with van der Waals surface area (Å²) in [5.74, 6) is -0.646. The van der Waals surface area contributed by atoms with Gasteiger partial charge in [0.25, 0.3) is 5.91 Å². The molecule has 4 nitrogen and oxygen atoms in total. The van der Waals surface area contributed by atoms with Gasteiger partial charge in [-0.15, -0.1) is 0 Å². The molecule has 1 aromatic rings. The van der Waals surface area contributed by atoms with Crippen LogP contribution in [0.25, 0.3) is 0 Å². The number of hydrogen-bond acceptors (Lipinski definition) is 3. The molecule has 2 rings (SSSR count). The minimum absolute atomic E-state index is 0.0971. The summed E-state index contributed by atoms with van der Waals surface area (Å²) < 4.78 is 14.0. The lowest BCUT2D eigenvalue weighted by Crippen LogP contribution is -2.40. The summed E-state index contributed by atoms with van der Waals surface area (Å²) in [6, 6.07) is 4.09. The van der Waals surface area contributed by atoms with E-state index in [1.54, 1.807) is 4.90 Å². The number of amides is 1. The minimum atomic E-state index is -1.91. The topological polar surface area (TPSA) is 60.8 Å². The second-order valence-electron chi connectivity index (χ2n) is 5.06. The maximum atomic E-state index is 14.0. The van der Waals surface area contributed by atoms with Crippen LogP contribution >= 0.6 is 0 Å². The van der Waals surface area contributed by atoms with Crippen LogP contribution in [-0.2, 0) is 0 Å². The standard InChI is InChI=1S/C13H17BFNO3/c1-9-5-7-16(8-6-9)13(17)10-3-2-4-11(12(10)15)14(18)19/h2-4,9,18-19H,5-8H2,1H3. The monoisotopic (exact) mass is 265 g/mol. The molecule has 1 heterocycles. The maximum absolute atomic E-state index is 14.0. The van der Waals surface area contributed by atoms with Gasteiger partial charge in [-0.2, -0.15) is 0 Å². The molecule has 2 N–H and O–H groups in total. The van der Waals surface area contributed by atoms with Gasteiger partial charge in [-0.1, -0.05) is 19.1 Å². The van der Waals surface area contributed by atoms with Gasteiger partial charge in [0.2, 0.25) is 0 Å². The fourth-order valence-corrected chi connectivity index (χ4v) is 2.30. The Bertz CT molecular complexity index is 473. The first kappa shape index (κ1) is 14.0. The molecular weight excluding hydrogens is 248 g/mol. The van der Waals surface area contributed by atoms with Gasteiger partial charge < -0.3 is 14.9 Å². The van der Waals surface area contributed by atoms with Crippen molar-refractivity contribution in [2.45, 2.75) is 19.8 Å². The SMILES string of the molecule is CC1CCN(C(=O)c2cccc(B(O)O)c2F)CC1. The van der Waals surface area contributed by atoms with Gasteiger partial charge in [-0.25, -0.2) is 4.39 Å². The summed E-state index contributed by atoms with van der Waals surface area (Å²) in [4.78, 5) is 13.8. The molecular formula is C13H17BFNO3. The van der Waals surface area contributed by atoms with Crippen molar-refractivity contribution in [3.8, 4) is 0 Å². The van der Waals surface area contributed by atoms with E-state index < -0.39 is 12.9 Å². The van der Waals surface area contributed by atoms with Gasteiger partial charge in [-0.3, -0.25) is 4.79 Å². The highest BCUT2D eigenvalue weighted by Gasteiger charge is 2.26. The predicted octanol–water partition coefficient (Wildman–Crippen LogP) is 0.378. The van der Waals surface area contributed by atoms with Crippen LogP contribution in [0.2, 0.25) is 0 Å². The van der Waals surface area contributed by atoms with Crippen molar-refractivity contribution in [3.63, 3.8) is 0 Å². The van der Waals surface area contributed by atoms with E-state index in [1.165, 1.54) is 18.2 Å². The van der Waals surface area contributed by atoms with Crippen LogP contribution in [0.1, 0.15) is 30.1 Å². The van der Waals surface area contributed by atoms with E-state index in [4.69, 9.17) is 10.0 Å². The second-order valence-corrected chi connectivity index (χ2v) is 5.06. The molecule has 1 fully saturated rings. The lowest BCUT2D eigenvalue weighted by molar-refractivity contribution is 0.0692. The van der Waals surface area contributed by atoms with Crippen LogP contribution in [0.3, 0.4) is 0 Å². The highest BCUT2D eigenvalue weighted by atomic mass is 19.1. The van der Waals surface area contributed by atoms with E-state index in [1.807, 2.05) is 0 Å². The number of piperidine rings is 1. The van der Waals surface area contributed by atoms with Gasteiger partial charge in [0.1, 0.15) is 5.82 Å². The van der Waals surface area contributed by atoms with Crippen molar-refractivity contribution >= 4 is 18.5 Å². The van der Waals surface area contributed by atoms with E-state index in [2.05, 4.69) is 6.92 Å². The molecule has 0 atom stereocenters. The van der Waals surface area contributed by atoms with E-state index in [9.17, 15) is 9.18 Å². The van der Waals surface area contributed by atoms with Crippen LogP contribution in [-0.4, -0.2) is 41.1 Å². The highest BCUT2D eigenvalue weighted by Crippen LogP contribution is 2.18. The fraction of sp³-hybridized carbons (Fsp3) is 0.462. The molecule has 0 radical (unpaired) electrons. The zero-order chi connectivity index (χ0) is 14.0. The average molecular weight is 265 g/mol. The van der Waals surface area contributed by atoms with Crippen molar-refractivity contribution in [2.24, 2.45) is 5.92 Å². The van der Waals surface area contributed by atoms with Crippen LogP contribution < -0.4 is 5.46 Å². The van der Waals surface area contributed by atoms with Crippen molar-refractivity contribution in [2.75, 3.05) is 13.1 Å². The number of hydrogen-bond donors (Lipinski definition) is 2. The molecule has 1 amide bonds. The third-order valence-electron chi connectivity index (χ3n) is 3.61. The van der Waals surface area contributed by atoms with Gasteiger partial charge in [0.15, 0.2) is 0 Å². The first-order chi connectivity index (χ1) is 9.00. The number of likely N-dealkylation sites (tertiary alicyclic amines) is 1. The smallest absolute Gasteiger partial charge is 0.423 e. The van der Waals surface area contributed by atoms with E-state index in [0.29, 0.717) is 19.0 Å². The third-order valence-corrected chi connectivity index (χ3v) is 3.61. The largest absolute Gasteiger partial charge is 0.491 e. The minimum Gasteiger partial charge on any atom is -0.423 e. The molecule has 0 aromatic heterocycles. The fourth-order valence-electron chi connectivity index (χ4n) is 2.30. The molecule has 1 aliphatic rings. The van der Waals surface area contributed by atoms with Gasteiger partial charge in [0.05, 0.1) is 5.56 Å². The summed E-state index contributed by atoms with van der Waals surface area (Å²) in [7, 11) is -1.91. The van der Waals surface area contributed by atoms with E-state index >= 15 is 0 Å². The average Bonchev–Trinajstić information content (AvgIpc) is 2.38. The van der Waals surface area contributed by atoms with Gasteiger partial charge >= 0.3 is 7.12 Å². The summed E-state index contributed by atoms with van der Waals surface area (Å²) in [5.41, 5.74) is -0.364. The lowest BCUT2D eigenvalue weighted by Gasteiger charge is -2.30.